The second-order valence-corrected chi connectivity index (χ2v) is 7.25. The molecule has 0 radical (unpaired) electrons. The van der Waals surface area contributed by atoms with Crippen molar-refractivity contribution in [3.8, 4) is 11.5 Å². The van der Waals surface area contributed by atoms with Crippen molar-refractivity contribution in [2.45, 2.75) is 6.61 Å². The highest BCUT2D eigenvalue weighted by atomic mass is 16.5. The van der Waals surface area contributed by atoms with Gasteiger partial charge in [-0.2, -0.15) is 0 Å². The number of amides is 1. The molecule has 5 heteroatoms. The van der Waals surface area contributed by atoms with Crippen molar-refractivity contribution in [3.05, 3.63) is 90.0 Å². The molecule has 0 spiro atoms. The molecular weight excluding hydrogens is 376 g/mol. The molecule has 3 aromatic rings. The number of hydrogen-bond donors (Lipinski definition) is 0. The van der Waals surface area contributed by atoms with Crippen molar-refractivity contribution in [1.82, 2.24) is 4.90 Å². The summed E-state index contributed by atoms with van der Waals surface area (Å²) in [4.78, 5) is 17.2. The highest BCUT2D eigenvalue weighted by molar-refractivity contribution is 5.94. The Hall–Kier alpha value is -3.47. The standard InChI is InChI=1S/C25H26N2O3/c1-29-24-13-6-5-12-23(24)26-14-16-27(17-15-26)25(28)21-10-7-11-22(18-21)30-19-20-8-3-2-4-9-20/h2-13,18H,14-17,19H2,1H3. The van der Waals surface area contributed by atoms with E-state index in [4.69, 9.17) is 9.47 Å². The maximum Gasteiger partial charge on any atom is 0.254 e. The van der Waals surface area contributed by atoms with Gasteiger partial charge in [-0.3, -0.25) is 4.79 Å². The smallest absolute Gasteiger partial charge is 0.254 e. The molecule has 0 saturated carbocycles. The van der Waals surface area contributed by atoms with E-state index in [-0.39, 0.29) is 5.91 Å². The molecule has 154 valence electrons. The van der Waals surface area contributed by atoms with Crippen LogP contribution in [-0.2, 0) is 6.61 Å². The Morgan fingerprint density at radius 1 is 0.867 bits per heavy atom. The average molecular weight is 402 g/mol. The molecule has 0 N–H and O–H groups in total. The number of rotatable bonds is 6. The Morgan fingerprint density at radius 2 is 1.60 bits per heavy atom. The van der Waals surface area contributed by atoms with Gasteiger partial charge in [-0.05, 0) is 35.9 Å². The Bertz CT molecular complexity index is 982. The number of ether oxygens (including phenoxy) is 2. The number of hydrogen-bond acceptors (Lipinski definition) is 4. The van der Waals surface area contributed by atoms with Crippen LogP contribution in [0.2, 0.25) is 0 Å². The summed E-state index contributed by atoms with van der Waals surface area (Å²) in [5.74, 6) is 1.61. The lowest BCUT2D eigenvalue weighted by Gasteiger charge is -2.36. The highest BCUT2D eigenvalue weighted by Gasteiger charge is 2.23. The minimum atomic E-state index is 0.0415. The highest BCUT2D eigenvalue weighted by Crippen LogP contribution is 2.28. The van der Waals surface area contributed by atoms with Crippen LogP contribution >= 0.6 is 0 Å². The molecule has 1 amide bonds. The van der Waals surface area contributed by atoms with Gasteiger partial charge in [-0.15, -0.1) is 0 Å². The Labute approximate surface area is 177 Å². The van der Waals surface area contributed by atoms with E-state index in [9.17, 15) is 4.79 Å². The van der Waals surface area contributed by atoms with Crippen molar-refractivity contribution < 1.29 is 14.3 Å². The van der Waals surface area contributed by atoms with E-state index in [1.54, 1.807) is 7.11 Å². The second-order valence-electron chi connectivity index (χ2n) is 7.25. The largest absolute Gasteiger partial charge is 0.495 e. The minimum absolute atomic E-state index is 0.0415. The zero-order valence-electron chi connectivity index (χ0n) is 17.2. The molecule has 0 unspecified atom stereocenters. The van der Waals surface area contributed by atoms with Crippen LogP contribution in [-0.4, -0.2) is 44.1 Å². The summed E-state index contributed by atoms with van der Waals surface area (Å²) in [5, 5.41) is 0. The van der Waals surface area contributed by atoms with E-state index in [2.05, 4.69) is 11.0 Å². The first-order chi connectivity index (χ1) is 14.7. The van der Waals surface area contributed by atoms with Gasteiger partial charge in [0.1, 0.15) is 18.1 Å². The lowest BCUT2D eigenvalue weighted by atomic mass is 10.1. The normalized spacial score (nSPS) is 13.8. The molecular formula is C25H26N2O3. The molecule has 4 rings (SSSR count). The van der Waals surface area contributed by atoms with Crippen molar-refractivity contribution in [1.29, 1.82) is 0 Å². The molecule has 5 nitrogen and oxygen atoms in total. The van der Waals surface area contributed by atoms with Crippen molar-refractivity contribution in [3.63, 3.8) is 0 Å². The number of carbonyl (C=O) groups excluding carboxylic acids is 1. The Kier molecular flexibility index (Phi) is 6.18. The fourth-order valence-electron chi connectivity index (χ4n) is 3.68. The van der Waals surface area contributed by atoms with Gasteiger partial charge < -0.3 is 19.3 Å². The molecule has 1 saturated heterocycles. The third-order valence-electron chi connectivity index (χ3n) is 5.32. The lowest BCUT2D eigenvalue weighted by Crippen LogP contribution is -2.48. The van der Waals surface area contributed by atoms with Gasteiger partial charge in [-0.1, -0.05) is 48.5 Å². The molecule has 1 aliphatic rings. The number of anilines is 1. The zero-order valence-corrected chi connectivity index (χ0v) is 17.2. The minimum Gasteiger partial charge on any atom is -0.495 e. The van der Waals surface area contributed by atoms with Crippen LogP contribution < -0.4 is 14.4 Å². The second kappa shape index (κ2) is 9.35. The van der Waals surface area contributed by atoms with Gasteiger partial charge in [0.15, 0.2) is 0 Å². The Balaban J connectivity index is 1.37. The van der Waals surface area contributed by atoms with E-state index in [1.165, 1.54) is 0 Å². The maximum atomic E-state index is 13.0. The number of nitrogens with zero attached hydrogens (tertiary/aromatic N) is 2. The van der Waals surface area contributed by atoms with Gasteiger partial charge >= 0.3 is 0 Å². The zero-order chi connectivity index (χ0) is 20.8. The van der Waals surface area contributed by atoms with Gasteiger partial charge in [0.2, 0.25) is 0 Å². The number of benzene rings is 3. The topological polar surface area (TPSA) is 42.0 Å². The summed E-state index contributed by atoms with van der Waals surface area (Å²) in [6.07, 6.45) is 0. The molecule has 0 atom stereocenters. The molecule has 1 aliphatic heterocycles. The van der Waals surface area contributed by atoms with Crippen molar-refractivity contribution >= 4 is 11.6 Å². The van der Waals surface area contributed by atoms with E-state index >= 15 is 0 Å². The summed E-state index contributed by atoms with van der Waals surface area (Å²) in [6.45, 7) is 3.38. The quantitative estimate of drug-likeness (QED) is 0.619. The molecule has 0 aliphatic carbocycles. The van der Waals surface area contributed by atoms with Gasteiger partial charge in [0, 0.05) is 31.7 Å². The third-order valence-corrected chi connectivity index (χ3v) is 5.32. The monoisotopic (exact) mass is 402 g/mol. The number of piperazine rings is 1. The van der Waals surface area contributed by atoms with Crippen LogP contribution in [0.1, 0.15) is 15.9 Å². The fraction of sp³-hybridized carbons (Fsp3) is 0.240. The predicted octanol–water partition coefficient (Wildman–Crippen LogP) is 4.24. The van der Waals surface area contributed by atoms with Crippen molar-refractivity contribution in [2.24, 2.45) is 0 Å². The van der Waals surface area contributed by atoms with E-state index in [0.29, 0.717) is 31.0 Å². The third kappa shape index (κ3) is 4.57. The van der Waals surface area contributed by atoms with Gasteiger partial charge in [0.05, 0.1) is 12.8 Å². The maximum absolute atomic E-state index is 13.0. The van der Waals surface area contributed by atoms with E-state index < -0.39 is 0 Å². The van der Waals surface area contributed by atoms with E-state index in [1.807, 2.05) is 77.7 Å². The predicted molar refractivity (Wildman–Crippen MR) is 118 cm³/mol. The summed E-state index contributed by atoms with van der Waals surface area (Å²) in [7, 11) is 1.69. The molecule has 30 heavy (non-hydrogen) atoms. The average Bonchev–Trinajstić information content (AvgIpc) is 2.83. The Morgan fingerprint density at radius 3 is 2.37 bits per heavy atom. The van der Waals surface area contributed by atoms with Crippen LogP contribution in [0, 0.1) is 0 Å². The molecule has 1 fully saturated rings. The fourth-order valence-corrected chi connectivity index (χ4v) is 3.68. The molecule has 3 aromatic carbocycles. The van der Waals surface area contributed by atoms with Crippen LogP contribution in [0.5, 0.6) is 11.5 Å². The summed E-state index contributed by atoms with van der Waals surface area (Å²) >= 11 is 0. The van der Waals surface area contributed by atoms with Gasteiger partial charge in [0.25, 0.3) is 5.91 Å². The molecule has 0 bridgehead atoms. The van der Waals surface area contributed by atoms with Gasteiger partial charge in [-0.25, -0.2) is 0 Å². The summed E-state index contributed by atoms with van der Waals surface area (Å²) in [6, 6.07) is 25.5. The molecule has 0 aromatic heterocycles. The SMILES string of the molecule is COc1ccccc1N1CCN(C(=O)c2cccc(OCc3ccccc3)c2)CC1. The van der Waals surface area contributed by atoms with Crippen molar-refractivity contribution in [2.75, 3.05) is 38.2 Å². The molecule has 1 heterocycles. The first-order valence-corrected chi connectivity index (χ1v) is 10.2. The number of methoxy groups -OCH3 is 1. The first-order valence-electron chi connectivity index (χ1n) is 10.2. The van der Waals surface area contributed by atoms with Crippen LogP contribution in [0.25, 0.3) is 0 Å². The van der Waals surface area contributed by atoms with E-state index in [0.717, 1.165) is 30.1 Å². The first kappa shape index (κ1) is 19.8. The van der Waals surface area contributed by atoms with Crippen LogP contribution in [0.3, 0.4) is 0 Å². The van der Waals surface area contributed by atoms with Crippen LogP contribution in [0.15, 0.2) is 78.9 Å². The lowest BCUT2D eigenvalue weighted by molar-refractivity contribution is 0.0746. The summed E-state index contributed by atoms with van der Waals surface area (Å²) < 4.78 is 11.4. The number of para-hydroxylation sites is 2. The van der Waals surface area contributed by atoms with Crippen LogP contribution in [0.4, 0.5) is 5.69 Å². The number of carbonyl (C=O) groups is 1. The summed E-state index contributed by atoms with van der Waals surface area (Å²) in [5.41, 5.74) is 2.83.